The van der Waals surface area contributed by atoms with Crippen molar-refractivity contribution in [2.45, 2.75) is 72.6 Å². The molecule has 4 rings (SSSR count). The smallest absolute Gasteiger partial charge is 0.302 e. The Bertz CT molecular complexity index is 735. The predicted octanol–water partition coefficient (Wildman–Crippen LogP) is 4.27. The fraction of sp³-hybridized carbons (Fsp3) is 0.783. The second-order valence-corrected chi connectivity index (χ2v) is 9.85. The number of carbonyl (C=O) groups is 3. The van der Waals surface area contributed by atoms with Crippen LogP contribution < -0.4 is 0 Å². The first-order chi connectivity index (χ1) is 12.7. The van der Waals surface area contributed by atoms with E-state index in [0.29, 0.717) is 48.9 Å². The number of ketones is 2. The molecule has 4 aliphatic carbocycles. The Hall–Kier alpha value is -1.45. The molecule has 0 N–H and O–H groups in total. The first-order valence-electron chi connectivity index (χ1n) is 10.6. The van der Waals surface area contributed by atoms with Gasteiger partial charge < -0.3 is 4.74 Å². The van der Waals surface area contributed by atoms with Crippen LogP contribution in [0.25, 0.3) is 0 Å². The number of fused-ring (bicyclic) bond motifs is 5. The van der Waals surface area contributed by atoms with E-state index in [1.54, 1.807) is 0 Å². The van der Waals surface area contributed by atoms with E-state index in [1.807, 2.05) is 6.92 Å². The zero-order valence-corrected chi connectivity index (χ0v) is 17.1. The standard InChI is InChI=1S/C23H32O4/c1-13-11-18-14(2)19(25)8-10-23(18,12-27-15(3)24)17-7-9-22(4)16(21(13)17)5-6-20(22)26/h13,16-17,21H,5-12H2,1-4H3/t13?,16-,17+,21-,22-,23-/m0/s1. The van der Waals surface area contributed by atoms with Gasteiger partial charge in [-0.3, -0.25) is 14.4 Å². The molecule has 0 aromatic rings. The van der Waals surface area contributed by atoms with Crippen LogP contribution in [0.5, 0.6) is 0 Å². The quantitative estimate of drug-likeness (QED) is 0.679. The number of ether oxygens (including phenoxy) is 1. The lowest BCUT2D eigenvalue weighted by atomic mass is 9.44. The summed E-state index contributed by atoms with van der Waals surface area (Å²) in [4.78, 5) is 36.8. The molecule has 0 heterocycles. The predicted molar refractivity (Wildman–Crippen MR) is 102 cm³/mol. The molecule has 0 radical (unpaired) electrons. The summed E-state index contributed by atoms with van der Waals surface area (Å²) >= 11 is 0. The van der Waals surface area contributed by atoms with Crippen molar-refractivity contribution in [3.8, 4) is 0 Å². The molecule has 4 aliphatic rings. The van der Waals surface area contributed by atoms with Crippen molar-refractivity contribution < 1.29 is 19.1 Å². The summed E-state index contributed by atoms with van der Waals surface area (Å²) in [6.07, 6.45) is 5.90. The van der Waals surface area contributed by atoms with Crippen molar-refractivity contribution in [3.63, 3.8) is 0 Å². The van der Waals surface area contributed by atoms with Crippen LogP contribution in [0.1, 0.15) is 72.6 Å². The van der Waals surface area contributed by atoms with Crippen LogP contribution >= 0.6 is 0 Å². The fourth-order valence-electron chi connectivity index (χ4n) is 7.34. The van der Waals surface area contributed by atoms with Crippen molar-refractivity contribution >= 4 is 17.5 Å². The Morgan fingerprint density at radius 2 is 1.89 bits per heavy atom. The molecule has 4 nitrogen and oxygen atoms in total. The molecule has 3 saturated carbocycles. The Morgan fingerprint density at radius 1 is 1.15 bits per heavy atom. The van der Waals surface area contributed by atoms with E-state index in [4.69, 9.17) is 4.74 Å². The third kappa shape index (κ3) is 2.58. The normalized spacial score (nSPS) is 43.9. The lowest BCUT2D eigenvalue weighted by Crippen LogP contribution is -2.56. The third-order valence-corrected chi connectivity index (χ3v) is 8.74. The van der Waals surface area contributed by atoms with Crippen molar-refractivity contribution in [2.24, 2.45) is 34.5 Å². The molecule has 27 heavy (non-hydrogen) atoms. The summed E-state index contributed by atoms with van der Waals surface area (Å²) in [5, 5.41) is 0. The molecule has 4 heteroatoms. The van der Waals surface area contributed by atoms with Gasteiger partial charge in [0.2, 0.25) is 0 Å². The van der Waals surface area contributed by atoms with Gasteiger partial charge in [0.1, 0.15) is 12.4 Å². The molecule has 1 unspecified atom stereocenters. The largest absolute Gasteiger partial charge is 0.465 e. The Morgan fingerprint density at radius 3 is 2.59 bits per heavy atom. The number of Topliss-reactive ketones (excluding diaryl/α,β-unsaturated/α-hetero) is 2. The Kier molecular flexibility index (Phi) is 4.40. The van der Waals surface area contributed by atoms with Gasteiger partial charge in [0.15, 0.2) is 5.78 Å². The van der Waals surface area contributed by atoms with E-state index in [0.717, 1.165) is 37.7 Å². The topological polar surface area (TPSA) is 60.4 Å². The third-order valence-electron chi connectivity index (χ3n) is 8.74. The Balaban J connectivity index is 1.79. The highest BCUT2D eigenvalue weighted by Gasteiger charge is 2.62. The zero-order valence-electron chi connectivity index (χ0n) is 17.1. The van der Waals surface area contributed by atoms with E-state index in [-0.39, 0.29) is 22.6 Å². The molecule has 0 aliphatic heterocycles. The van der Waals surface area contributed by atoms with Gasteiger partial charge in [-0.25, -0.2) is 0 Å². The molecule has 0 amide bonds. The SMILES string of the molecule is CC(=O)OC[C@]12CCC(=O)C(C)=C1CC(C)[C@@H]1[C@H]2CC[C@]2(C)C(=O)CC[C@@H]12. The van der Waals surface area contributed by atoms with Crippen molar-refractivity contribution in [1.82, 2.24) is 0 Å². The summed E-state index contributed by atoms with van der Waals surface area (Å²) in [6.45, 7) is 8.33. The highest BCUT2D eigenvalue weighted by molar-refractivity contribution is 5.97. The van der Waals surface area contributed by atoms with E-state index in [9.17, 15) is 14.4 Å². The molecule has 148 valence electrons. The molecular formula is C23H32O4. The van der Waals surface area contributed by atoms with Crippen LogP contribution in [0.4, 0.5) is 0 Å². The Labute approximate surface area is 162 Å². The molecule has 0 bridgehead atoms. The summed E-state index contributed by atoms with van der Waals surface area (Å²) in [5.74, 6) is 2.25. The minimum absolute atomic E-state index is 0.168. The monoisotopic (exact) mass is 372 g/mol. The van der Waals surface area contributed by atoms with Gasteiger partial charge in [-0.1, -0.05) is 19.4 Å². The van der Waals surface area contributed by atoms with Gasteiger partial charge in [-0.05, 0) is 68.3 Å². The van der Waals surface area contributed by atoms with Crippen LogP contribution in [0.2, 0.25) is 0 Å². The average Bonchev–Trinajstić information content (AvgIpc) is 2.93. The van der Waals surface area contributed by atoms with Crippen molar-refractivity contribution in [1.29, 1.82) is 0 Å². The maximum Gasteiger partial charge on any atom is 0.302 e. The fourth-order valence-corrected chi connectivity index (χ4v) is 7.34. The first kappa shape index (κ1) is 18.9. The van der Waals surface area contributed by atoms with Crippen LogP contribution in [0.3, 0.4) is 0 Å². The van der Waals surface area contributed by atoms with E-state index in [1.165, 1.54) is 12.5 Å². The van der Waals surface area contributed by atoms with Crippen molar-refractivity contribution in [3.05, 3.63) is 11.1 Å². The molecule has 6 atom stereocenters. The van der Waals surface area contributed by atoms with Gasteiger partial charge in [0.25, 0.3) is 0 Å². The second-order valence-electron chi connectivity index (χ2n) is 9.85. The number of hydrogen-bond donors (Lipinski definition) is 0. The average molecular weight is 373 g/mol. The van der Waals surface area contributed by atoms with Gasteiger partial charge >= 0.3 is 5.97 Å². The van der Waals surface area contributed by atoms with Gasteiger partial charge in [0, 0.05) is 30.6 Å². The summed E-state index contributed by atoms with van der Waals surface area (Å²) in [7, 11) is 0. The maximum absolute atomic E-state index is 12.7. The number of carbonyl (C=O) groups excluding carboxylic acids is 3. The van der Waals surface area contributed by atoms with Crippen molar-refractivity contribution in [2.75, 3.05) is 6.61 Å². The second kappa shape index (κ2) is 6.28. The summed E-state index contributed by atoms with van der Waals surface area (Å²) in [6, 6.07) is 0. The lowest BCUT2D eigenvalue weighted by molar-refractivity contribution is -0.152. The van der Waals surface area contributed by atoms with E-state index >= 15 is 0 Å². The van der Waals surface area contributed by atoms with Crippen LogP contribution in [-0.2, 0) is 19.1 Å². The molecule has 0 spiro atoms. The van der Waals surface area contributed by atoms with E-state index < -0.39 is 0 Å². The van der Waals surface area contributed by atoms with Crippen LogP contribution in [0.15, 0.2) is 11.1 Å². The summed E-state index contributed by atoms with van der Waals surface area (Å²) < 4.78 is 5.62. The first-order valence-corrected chi connectivity index (χ1v) is 10.6. The zero-order chi connectivity index (χ0) is 19.6. The number of rotatable bonds is 2. The number of esters is 1. The van der Waals surface area contributed by atoms with Gasteiger partial charge in [0.05, 0.1) is 0 Å². The minimum Gasteiger partial charge on any atom is -0.465 e. The molecular weight excluding hydrogens is 340 g/mol. The molecule has 0 saturated heterocycles. The molecule has 0 aromatic heterocycles. The lowest BCUT2D eigenvalue weighted by Gasteiger charge is -2.60. The minimum atomic E-state index is -0.245. The van der Waals surface area contributed by atoms with E-state index in [2.05, 4.69) is 13.8 Å². The summed E-state index contributed by atoms with van der Waals surface area (Å²) in [5.41, 5.74) is 1.79. The highest BCUT2D eigenvalue weighted by Crippen LogP contribution is 2.66. The molecule has 3 fully saturated rings. The van der Waals surface area contributed by atoms with Crippen LogP contribution in [-0.4, -0.2) is 24.1 Å². The van der Waals surface area contributed by atoms with Crippen LogP contribution in [0, 0.1) is 34.5 Å². The van der Waals surface area contributed by atoms with Gasteiger partial charge in [-0.15, -0.1) is 0 Å². The molecule has 0 aromatic carbocycles. The number of hydrogen-bond acceptors (Lipinski definition) is 4. The highest BCUT2D eigenvalue weighted by atomic mass is 16.5. The van der Waals surface area contributed by atoms with Gasteiger partial charge in [-0.2, -0.15) is 0 Å². The maximum atomic E-state index is 12.7.